The van der Waals surface area contributed by atoms with E-state index in [0.29, 0.717) is 5.56 Å². The van der Waals surface area contributed by atoms with E-state index in [-0.39, 0.29) is 0 Å². The highest BCUT2D eigenvalue weighted by atomic mass is 16.4. The molecule has 1 heterocycles. The van der Waals surface area contributed by atoms with Crippen LogP contribution < -0.4 is 0 Å². The normalized spacial score (nSPS) is 11.3. The van der Waals surface area contributed by atoms with Crippen LogP contribution in [-0.4, -0.2) is 45.7 Å². The topological polar surface area (TPSA) is 58.4 Å². The molecule has 0 aliphatic carbocycles. The van der Waals surface area contributed by atoms with Gasteiger partial charge in [0, 0.05) is 13.1 Å². The Labute approximate surface area is 106 Å². The van der Waals surface area contributed by atoms with E-state index in [4.69, 9.17) is 5.11 Å². The smallest absolute Gasteiger partial charge is 0.335 e. The average Bonchev–Trinajstić information content (AvgIpc) is 2.78. The van der Waals surface area contributed by atoms with Crippen LogP contribution in [-0.2, 0) is 6.54 Å². The van der Waals surface area contributed by atoms with Crippen molar-refractivity contribution in [1.29, 1.82) is 0 Å². The van der Waals surface area contributed by atoms with Gasteiger partial charge in [-0.3, -0.25) is 0 Å². The molecule has 0 saturated heterocycles. The lowest BCUT2D eigenvalue weighted by Gasteiger charge is -2.14. The summed E-state index contributed by atoms with van der Waals surface area (Å²) in [6.07, 6.45) is 1.76. The first kappa shape index (κ1) is 12.6. The molecule has 0 saturated carbocycles. The van der Waals surface area contributed by atoms with Gasteiger partial charge >= 0.3 is 5.97 Å². The number of nitrogens with zero attached hydrogens (tertiary/aromatic N) is 3. The Bertz CT molecular complexity index is 562. The van der Waals surface area contributed by atoms with Crippen molar-refractivity contribution in [3.8, 4) is 0 Å². The fraction of sp³-hybridized carbons (Fsp3) is 0.385. The Morgan fingerprint density at radius 1 is 1.50 bits per heavy atom. The van der Waals surface area contributed by atoms with Gasteiger partial charge in [0.05, 0.1) is 22.9 Å². The van der Waals surface area contributed by atoms with E-state index in [0.717, 1.165) is 30.7 Å². The van der Waals surface area contributed by atoms with Gasteiger partial charge in [0.1, 0.15) is 0 Å². The molecule has 0 fully saturated rings. The number of carboxylic acids is 1. The van der Waals surface area contributed by atoms with Gasteiger partial charge in [-0.1, -0.05) is 6.92 Å². The molecule has 96 valence electrons. The molecule has 0 atom stereocenters. The van der Waals surface area contributed by atoms with Gasteiger partial charge < -0.3 is 14.6 Å². The van der Waals surface area contributed by atoms with E-state index in [1.165, 1.54) is 0 Å². The summed E-state index contributed by atoms with van der Waals surface area (Å²) in [6, 6.07) is 5.01. The fourth-order valence-corrected chi connectivity index (χ4v) is 1.80. The molecule has 5 nitrogen and oxygen atoms in total. The molecule has 2 aromatic rings. The van der Waals surface area contributed by atoms with Crippen molar-refractivity contribution in [2.75, 3.05) is 20.1 Å². The predicted molar refractivity (Wildman–Crippen MR) is 69.9 cm³/mol. The van der Waals surface area contributed by atoms with Crippen LogP contribution in [0.25, 0.3) is 11.0 Å². The molecule has 1 aromatic heterocycles. The summed E-state index contributed by atoms with van der Waals surface area (Å²) in [5, 5.41) is 8.99. The maximum absolute atomic E-state index is 11.0. The number of likely N-dealkylation sites (N-methyl/N-ethyl adjacent to an activating group) is 1. The number of rotatable bonds is 5. The quantitative estimate of drug-likeness (QED) is 0.873. The van der Waals surface area contributed by atoms with Crippen LogP contribution in [0.3, 0.4) is 0 Å². The minimum absolute atomic E-state index is 0.299. The number of benzene rings is 1. The molecule has 2 rings (SSSR count). The summed E-state index contributed by atoms with van der Waals surface area (Å²) in [7, 11) is 2.06. The van der Waals surface area contributed by atoms with Crippen LogP contribution in [0.15, 0.2) is 24.5 Å². The first-order valence-electron chi connectivity index (χ1n) is 5.98. The maximum Gasteiger partial charge on any atom is 0.335 e. The summed E-state index contributed by atoms with van der Waals surface area (Å²) >= 11 is 0. The van der Waals surface area contributed by atoms with Crippen molar-refractivity contribution in [2.45, 2.75) is 13.5 Å². The Kier molecular flexibility index (Phi) is 3.62. The molecule has 0 aliphatic rings. The number of aromatic carboxylic acids is 1. The Hall–Kier alpha value is -1.88. The van der Waals surface area contributed by atoms with Gasteiger partial charge in [0.2, 0.25) is 0 Å². The second-order valence-electron chi connectivity index (χ2n) is 4.34. The average molecular weight is 247 g/mol. The zero-order valence-corrected chi connectivity index (χ0v) is 10.6. The van der Waals surface area contributed by atoms with Gasteiger partial charge in [-0.15, -0.1) is 0 Å². The number of carbonyl (C=O) groups is 1. The largest absolute Gasteiger partial charge is 0.478 e. The van der Waals surface area contributed by atoms with Crippen LogP contribution in [0.5, 0.6) is 0 Å². The Morgan fingerprint density at radius 2 is 2.28 bits per heavy atom. The third-order valence-corrected chi connectivity index (χ3v) is 3.13. The molecule has 0 amide bonds. The molecule has 0 radical (unpaired) electrons. The SMILES string of the molecule is CCN(C)CCn1cnc2ccc(C(=O)O)cc21. The Morgan fingerprint density at radius 3 is 2.94 bits per heavy atom. The lowest BCUT2D eigenvalue weighted by atomic mass is 10.2. The van der Waals surface area contributed by atoms with E-state index in [9.17, 15) is 4.79 Å². The molecular formula is C13H17N3O2. The highest BCUT2D eigenvalue weighted by Gasteiger charge is 2.08. The summed E-state index contributed by atoms with van der Waals surface area (Å²) in [5.41, 5.74) is 2.01. The second-order valence-corrected chi connectivity index (χ2v) is 4.34. The summed E-state index contributed by atoms with van der Waals surface area (Å²) in [6.45, 7) is 4.82. The van der Waals surface area contributed by atoms with E-state index in [1.807, 2.05) is 4.57 Å². The van der Waals surface area contributed by atoms with Crippen LogP contribution in [0.2, 0.25) is 0 Å². The van der Waals surface area contributed by atoms with Crippen LogP contribution in [0.1, 0.15) is 17.3 Å². The zero-order chi connectivity index (χ0) is 13.1. The summed E-state index contributed by atoms with van der Waals surface area (Å²) in [5.74, 6) is -0.907. The minimum atomic E-state index is -0.907. The van der Waals surface area contributed by atoms with Crippen molar-refractivity contribution < 1.29 is 9.90 Å². The van der Waals surface area contributed by atoms with Crippen LogP contribution in [0.4, 0.5) is 0 Å². The van der Waals surface area contributed by atoms with Gasteiger partial charge in [0.25, 0.3) is 0 Å². The standard InChI is InChI=1S/C13H17N3O2/c1-3-15(2)6-7-16-9-14-11-5-4-10(13(17)18)8-12(11)16/h4-5,8-9H,3,6-7H2,1-2H3,(H,17,18). The first-order valence-corrected chi connectivity index (χ1v) is 5.98. The second kappa shape index (κ2) is 5.18. The van der Waals surface area contributed by atoms with Crippen molar-refractivity contribution in [1.82, 2.24) is 14.5 Å². The molecule has 1 aromatic carbocycles. The van der Waals surface area contributed by atoms with Crippen molar-refractivity contribution in [2.24, 2.45) is 0 Å². The summed E-state index contributed by atoms with van der Waals surface area (Å²) in [4.78, 5) is 17.4. The molecule has 0 spiro atoms. The number of aromatic nitrogens is 2. The van der Waals surface area contributed by atoms with Crippen LogP contribution >= 0.6 is 0 Å². The van der Waals surface area contributed by atoms with Gasteiger partial charge in [-0.25, -0.2) is 9.78 Å². The Balaban J connectivity index is 2.28. The summed E-state index contributed by atoms with van der Waals surface area (Å²) < 4.78 is 1.99. The first-order chi connectivity index (χ1) is 8.61. The van der Waals surface area contributed by atoms with Gasteiger partial charge in [-0.2, -0.15) is 0 Å². The maximum atomic E-state index is 11.0. The highest BCUT2D eigenvalue weighted by molar-refractivity contribution is 5.92. The van der Waals surface area contributed by atoms with E-state index >= 15 is 0 Å². The lowest BCUT2D eigenvalue weighted by molar-refractivity contribution is 0.0697. The molecule has 1 N–H and O–H groups in total. The monoisotopic (exact) mass is 247 g/mol. The lowest BCUT2D eigenvalue weighted by Crippen LogP contribution is -2.22. The molecule has 0 unspecified atom stereocenters. The molecule has 18 heavy (non-hydrogen) atoms. The van der Waals surface area contributed by atoms with Crippen LogP contribution in [0, 0.1) is 0 Å². The third kappa shape index (κ3) is 2.51. The number of fused-ring (bicyclic) bond motifs is 1. The molecule has 0 aliphatic heterocycles. The number of carboxylic acid groups (broad SMARTS) is 1. The number of hydrogen-bond acceptors (Lipinski definition) is 3. The zero-order valence-electron chi connectivity index (χ0n) is 10.6. The van der Waals surface area contributed by atoms with Gasteiger partial charge in [-0.05, 0) is 31.8 Å². The van der Waals surface area contributed by atoms with Gasteiger partial charge in [0.15, 0.2) is 0 Å². The molecule has 0 bridgehead atoms. The van der Waals surface area contributed by atoms with Crippen molar-refractivity contribution in [3.63, 3.8) is 0 Å². The van der Waals surface area contributed by atoms with E-state index < -0.39 is 5.97 Å². The highest BCUT2D eigenvalue weighted by Crippen LogP contribution is 2.15. The molecular weight excluding hydrogens is 230 g/mol. The minimum Gasteiger partial charge on any atom is -0.478 e. The fourth-order valence-electron chi connectivity index (χ4n) is 1.80. The molecule has 5 heteroatoms. The third-order valence-electron chi connectivity index (χ3n) is 3.13. The predicted octanol–water partition coefficient (Wildman–Crippen LogP) is 1.69. The number of imidazole rings is 1. The van der Waals surface area contributed by atoms with Crippen molar-refractivity contribution >= 4 is 17.0 Å². The van der Waals surface area contributed by atoms with E-state index in [2.05, 4.69) is 23.9 Å². The van der Waals surface area contributed by atoms with E-state index in [1.54, 1.807) is 24.5 Å². The number of hydrogen-bond donors (Lipinski definition) is 1. The van der Waals surface area contributed by atoms with Crippen molar-refractivity contribution in [3.05, 3.63) is 30.1 Å².